The molecule has 0 unspecified atom stereocenters. The van der Waals surface area contributed by atoms with Gasteiger partial charge in [0.2, 0.25) is 10.0 Å². The number of sulfonamides is 1. The van der Waals surface area contributed by atoms with E-state index in [0.29, 0.717) is 25.2 Å². The van der Waals surface area contributed by atoms with Crippen LogP contribution in [0.15, 0.2) is 48.5 Å². The number of carbonyl (C=O) groups excluding carboxylic acids is 1. The van der Waals surface area contributed by atoms with E-state index in [-0.39, 0.29) is 11.7 Å². The van der Waals surface area contributed by atoms with Crippen molar-refractivity contribution in [3.8, 4) is 0 Å². The van der Waals surface area contributed by atoms with Crippen LogP contribution in [0, 0.1) is 0 Å². The molecule has 1 saturated heterocycles. The van der Waals surface area contributed by atoms with Gasteiger partial charge < -0.3 is 5.32 Å². The molecule has 3 rings (SSSR count). The van der Waals surface area contributed by atoms with Crippen molar-refractivity contribution in [2.45, 2.75) is 19.2 Å². The fourth-order valence-corrected chi connectivity index (χ4v) is 5.51. The standard InChI is InChI=1S/C23H30ClN3O3S2/c1-2-32(29,30)27-14-12-26(13-15-27)17-19-3-7-21(8-4-19)23(28)25-11-16-31-18-20-5-9-22(24)10-6-20/h3-10H,2,11-18H2,1H3,(H,25,28). The lowest BCUT2D eigenvalue weighted by molar-refractivity contribution is 0.0956. The Hall–Kier alpha value is -1.58. The van der Waals surface area contributed by atoms with Gasteiger partial charge in [0.1, 0.15) is 0 Å². The van der Waals surface area contributed by atoms with Crippen molar-refractivity contribution < 1.29 is 13.2 Å². The Morgan fingerprint density at radius 3 is 2.25 bits per heavy atom. The van der Waals surface area contributed by atoms with Crippen molar-refractivity contribution in [2.75, 3.05) is 44.2 Å². The van der Waals surface area contributed by atoms with E-state index in [2.05, 4.69) is 10.2 Å². The maximum Gasteiger partial charge on any atom is 0.251 e. The fourth-order valence-electron chi connectivity index (χ4n) is 3.48. The molecule has 1 amide bonds. The predicted molar refractivity (Wildman–Crippen MR) is 133 cm³/mol. The van der Waals surface area contributed by atoms with Gasteiger partial charge in [0.25, 0.3) is 5.91 Å². The second-order valence-electron chi connectivity index (χ2n) is 7.71. The van der Waals surface area contributed by atoms with Crippen molar-refractivity contribution in [1.29, 1.82) is 0 Å². The lowest BCUT2D eigenvalue weighted by Gasteiger charge is -2.33. The summed E-state index contributed by atoms with van der Waals surface area (Å²) < 4.78 is 25.5. The number of hydrogen-bond donors (Lipinski definition) is 1. The maximum absolute atomic E-state index is 12.4. The number of nitrogens with one attached hydrogen (secondary N) is 1. The Bertz CT molecular complexity index is 975. The normalized spacial score (nSPS) is 15.6. The van der Waals surface area contributed by atoms with Crippen LogP contribution in [0.3, 0.4) is 0 Å². The third-order valence-electron chi connectivity index (χ3n) is 5.43. The molecule has 6 nitrogen and oxygen atoms in total. The topological polar surface area (TPSA) is 69.7 Å². The number of carbonyl (C=O) groups is 1. The first-order chi connectivity index (χ1) is 15.4. The molecule has 1 N–H and O–H groups in total. The molecule has 0 bridgehead atoms. The number of thioether (sulfide) groups is 1. The second kappa shape index (κ2) is 12.0. The average molecular weight is 496 g/mol. The van der Waals surface area contributed by atoms with Gasteiger partial charge in [-0.1, -0.05) is 35.9 Å². The highest BCUT2D eigenvalue weighted by Crippen LogP contribution is 2.15. The van der Waals surface area contributed by atoms with E-state index in [1.807, 2.05) is 48.5 Å². The number of piperazine rings is 1. The van der Waals surface area contributed by atoms with Crippen LogP contribution in [-0.4, -0.2) is 67.8 Å². The van der Waals surface area contributed by atoms with Gasteiger partial charge in [-0.15, -0.1) is 0 Å². The van der Waals surface area contributed by atoms with Gasteiger partial charge in [0, 0.05) is 61.4 Å². The number of hydrogen-bond acceptors (Lipinski definition) is 5. The van der Waals surface area contributed by atoms with E-state index in [9.17, 15) is 13.2 Å². The molecule has 2 aromatic rings. The van der Waals surface area contributed by atoms with Crippen molar-refractivity contribution in [3.05, 3.63) is 70.2 Å². The highest BCUT2D eigenvalue weighted by Gasteiger charge is 2.25. The van der Waals surface area contributed by atoms with Gasteiger partial charge in [0.15, 0.2) is 0 Å². The lowest BCUT2D eigenvalue weighted by Crippen LogP contribution is -2.48. The molecule has 0 aliphatic carbocycles. The van der Waals surface area contributed by atoms with Crippen molar-refractivity contribution >= 4 is 39.3 Å². The third kappa shape index (κ3) is 7.49. The van der Waals surface area contributed by atoms with Crippen LogP contribution < -0.4 is 5.32 Å². The van der Waals surface area contributed by atoms with E-state index < -0.39 is 10.0 Å². The molecule has 1 heterocycles. The molecule has 32 heavy (non-hydrogen) atoms. The molecule has 0 aromatic heterocycles. The first kappa shape index (κ1) is 25.1. The van der Waals surface area contributed by atoms with E-state index in [4.69, 9.17) is 11.6 Å². The summed E-state index contributed by atoms with van der Waals surface area (Å²) in [5.41, 5.74) is 2.98. The minimum absolute atomic E-state index is 0.0676. The number of amides is 1. The van der Waals surface area contributed by atoms with Gasteiger partial charge in [-0.25, -0.2) is 8.42 Å². The molecule has 2 aromatic carbocycles. The maximum atomic E-state index is 12.4. The van der Waals surface area contributed by atoms with Gasteiger partial charge in [-0.3, -0.25) is 9.69 Å². The number of benzene rings is 2. The Kier molecular flexibility index (Phi) is 9.43. The van der Waals surface area contributed by atoms with Crippen LogP contribution in [0.5, 0.6) is 0 Å². The molecule has 174 valence electrons. The number of halogens is 1. The van der Waals surface area contributed by atoms with E-state index >= 15 is 0 Å². The Morgan fingerprint density at radius 2 is 1.62 bits per heavy atom. The van der Waals surface area contributed by atoms with Crippen LogP contribution in [-0.2, 0) is 22.3 Å². The molecule has 0 saturated carbocycles. The summed E-state index contributed by atoms with van der Waals surface area (Å²) in [4.78, 5) is 14.6. The summed E-state index contributed by atoms with van der Waals surface area (Å²) in [6.45, 7) is 5.55. The molecule has 1 aliphatic heterocycles. The summed E-state index contributed by atoms with van der Waals surface area (Å²) in [5, 5.41) is 3.70. The van der Waals surface area contributed by atoms with Crippen LogP contribution in [0.2, 0.25) is 5.02 Å². The lowest BCUT2D eigenvalue weighted by atomic mass is 10.1. The molecule has 1 fully saturated rings. The summed E-state index contributed by atoms with van der Waals surface area (Å²) >= 11 is 7.66. The highest BCUT2D eigenvalue weighted by molar-refractivity contribution is 7.98. The Balaban J connectivity index is 1.36. The van der Waals surface area contributed by atoms with Crippen LogP contribution in [0.25, 0.3) is 0 Å². The summed E-state index contributed by atoms with van der Waals surface area (Å²) in [6.07, 6.45) is 0. The molecule has 0 radical (unpaired) electrons. The van der Waals surface area contributed by atoms with Gasteiger partial charge >= 0.3 is 0 Å². The minimum atomic E-state index is -3.10. The summed E-state index contributed by atoms with van der Waals surface area (Å²) in [6, 6.07) is 15.5. The molecular weight excluding hydrogens is 466 g/mol. The van der Waals surface area contributed by atoms with Gasteiger partial charge in [-0.05, 0) is 42.3 Å². The zero-order valence-electron chi connectivity index (χ0n) is 18.3. The van der Waals surface area contributed by atoms with E-state index in [0.717, 1.165) is 41.7 Å². The van der Waals surface area contributed by atoms with Gasteiger partial charge in [-0.2, -0.15) is 16.1 Å². The van der Waals surface area contributed by atoms with Gasteiger partial charge in [0.05, 0.1) is 5.75 Å². The third-order valence-corrected chi connectivity index (χ3v) is 8.59. The predicted octanol–water partition coefficient (Wildman–Crippen LogP) is 3.47. The van der Waals surface area contributed by atoms with Crippen molar-refractivity contribution in [3.63, 3.8) is 0 Å². The fraction of sp³-hybridized carbons (Fsp3) is 0.435. The average Bonchev–Trinajstić information content (AvgIpc) is 2.81. The monoisotopic (exact) mass is 495 g/mol. The summed E-state index contributed by atoms with van der Waals surface area (Å²) in [5.74, 6) is 1.81. The Labute approximate surface area is 200 Å². The van der Waals surface area contributed by atoms with E-state index in [1.165, 1.54) is 5.56 Å². The molecule has 1 aliphatic rings. The van der Waals surface area contributed by atoms with E-state index in [1.54, 1.807) is 23.0 Å². The van der Waals surface area contributed by atoms with Crippen molar-refractivity contribution in [2.24, 2.45) is 0 Å². The first-order valence-corrected chi connectivity index (χ1v) is 13.9. The number of rotatable bonds is 10. The smallest absolute Gasteiger partial charge is 0.251 e. The minimum Gasteiger partial charge on any atom is -0.351 e. The Morgan fingerprint density at radius 1 is 1.00 bits per heavy atom. The first-order valence-electron chi connectivity index (χ1n) is 10.8. The quantitative estimate of drug-likeness (QED) is 0.511. The number of nitrogens with zero attached hydrogens (tertiary/aromatic N) is 2. The van der Waals surface area contributed by atoms with Crippen molar-refractivity contribution in [1.82, 2.24) is 14.5 Å². The second-order valence-corrected chi connectivity index (χ2v) is 11.5. The molecule has 9 heteroatoms. The zero-order chi connectivity index (χ0) is 23.0. The van der Waals surface area contributed by atoms with Crippen LogP contribution in [0.4, 0.5) is 0 Å². The summed E-state index contributed by atoms with van der Waals surface area (Å²) in [7, 11) is -3.10. The molecule has 0 spiro atoms. The largest absolute Gasteiger partial charge is 0.351 e. The van der Waals surface area contributed by atoms with Crippen LogP contribution in [0.1, 0.15) is 28.4 Å². The SMILES string of the molecule is CCS(=O)(=O)N1CCN(Cc2ccc(C(=O)NCCSCc3ccc(Cl)cc3)cc2)CC1. The molecular formula is C23H30ClN3O3S2. The zero-order valence-corrected chi connectivity index (χ0v) is 20.7. The molecule has 0 atom stereocenters. The highest BCUT2D eigenvalue weighted by atomic mass is 35.5. The van der Waals surface area contributed by atoms with Crippen LogP contribution >= 0.6 is 23.4 Å².